The molecule has 13 heavy (non-hydrogen) atoms. The van der Waals surface area contributed by atoms with E-state index in [0.717, 1.165) is 5.56 Å². The number of rotatable bonds is 2. The third kappa shape index (κ3) is 2.61. The summed E-state index contributed by atoms with van der Waals surface area (Å²) >= 11 is 5.73. The van der Waals surface area contributed by atoms with Crippen molar-refractivity contribution in [3.63, 3.8) is 0 Å². The summed E-state index contributed by atoms with van der Waals surface area (Å²) in [5.74, 6) is 0. The Morgan fingerprint density at radius 3 is 2.77 bits per heavy atom. The van der Waals surface area contributed by atoms with Gasteiger partial charge in [0.25, 0.3) is 0 Å². The molecular weight excluding hydrogens is 190 g/mol. The van der Waals surface area contributed by atoms with Gasteiger partial charge in [0, 0.05) is 17.3 Å². The molecule has 0 aliphatic rings. The number of urea groups is 1. The summed E-state index contributed by atoms with van der Waals surface area (Å²) in [5, 5.41) is 3.03. The van der Waals surface area contributed by atoms with Crippen molar-refractivity contribution in [1.82, 2.24) is 0 Å². The number of nitrogens with one attached hydrogen (secondary N) is 1. The van der Waals surface area contributed by atoms with Gasteiger partial charge in [0.2, 0.25) is 0 Å². The second kappa shape index (κ2) is 4.11. The number of benzene rings is 1. The highest BCUT2D eigenvalue weighted by atomic mass is 35.5. The summed E-state index contributed by atoms with van der Waals surface area (Å²) in [7, 11) is 0. The number of anilines is 1. The third-order valence-corrected chi connectivity index (χ3v) is 1.78. The first-order valence-electron chi connectivity index (χ1n) is 3.68. The van der Waals surface area contributed by atoms with Crippen LogP contribution in [0.25, 0.3) is 0 Å². The van der Waals surface area contributed by atoms with E-state index >= 15 is 0 Å². The highest BCUT2D eigenvalue weighted by molar-refractivity contribution is 6.30. The maximum absolute atomic E-state index is 10.6. The number of hydrogen-bond acceptors (Lipinski definition) is 2. The Bertz CT molecular complexity index is 327. The first-order valence-corrected chi connectivity index (χ1v) is 4.06. The Morgan fingerprint density at radius 1 is 1.54 bits per heavy atom. The van der Waals surface area contributed by atoms with Gasteiger partial charge in [-0.1, -0.05) is 11.6 Å². The van der Waals surface area contributed by atoms with Crippen LogP contribution in [0.5, 0.6) is 0 Å². The van der Waals surface area contributed by atoms with Crippen molar-refractivity contribution >= 4 is 23.3 Å². The first-order chi connectivity index (χ1) is 6.13. The van der Waals surface area contributed by atoms with Crippen LogP contribution < -0.4 is 16.8 Å². The van der Waals surface area contributed by atoms with Gasteiger partial charge in [-0.2, -0.15) is 0 Å². The van der Waals surface area contributed by atoms with Crippen LogP contribution in [0.1, 0.15) is 5.56 Å². The van der Waals surface area contributed by atoms with E-state index in [1.54, 1.807) is 18.2 Å². The zero-order chi connectivity index (χ0) is 9.84. The van der Waals surface area contributed by atoms with Crippen LogP contribution in [0.2, 0.25) is 5.02 Å². The second-order valence-corrected chi connectivity index (χ2v) is 2.93. The lowest BCUT2D eigenvalue weighted by molar-refractivity contribution is 0.259. The van der Waals surface area contributed by atoms with Gasteiger partial charge >= 0.3 is 6.03 Å². The predicted octanol–water partition coefficient (Wildman–Crippen LogP) is 1.29. The van der Waals surface area contributed by atoms with E-state index in [2.05, 4.69) is 5.32 Å². The molecule has 0 aromatic heterocycles. The van der Waals surface area contributed by atoms with Crippen molar-refractivity contribution in [2.75, 3.05) is 5.32 Å². The second-order valence-electron chi connectivity index (χ2n) is 2.49. The van der Waals surface area contributed by atoms with E-state index in [-0.39, 0.29) is 0 Å². The molecule has 0 unspecified atom stereocenters. The van der Waals surface area contributed by atoms with Crippen LogP contribution in [-0.4, -0.2) is 6.03 Å². The summed E-state index contributed by atoms with van der Waals surface area (Å²) in [6.45, 7) is 0.302. The number of carbonyl (C=O) groups is 1. The van der Waals surface area contributed by atoms with Crippen LogP contribution in [0.4, 0.5) is 10.5 Å². The van der Waals surface area contributed by atoms with Crippen molar-refractivity contribution in [2.24, 2.45) is 11.5 Å². The van der Waals surface area contributed by atoms with Crippen molar-refractivity contribution < 1.29 is 4.79 Å². The number of hydrogen-bond donors (Lipinski definition) is 3. The molecule has 0 fully saturated rings. The predicted molar refractivity (Wildman–Crippen MR) is 52.5 cm³/mol. The Balaban J connectivity index is 2.99. The van der Waals surface area contributed by atoms with E-state index in [1.807, 2.05) is 0 Å². The lowest BCUT2D eigenvalue weighted by Crippen LogP contribution is -2.20. The minimum Gasteiger partial charge on any atom is -0.351 e. The van der Waals surface area contributed by atoms with Gasteiger partial charge in [0.05, 0.1) is 0 Å². The Hall–Kier alpha value is -1.26. The summed E-state index contributed by atoms with van der Waals surface area (Å²) in [6.07, 6.45) is 0. The minimum absolute atomic E-state index is 0.302. The summed E-state index contributed by atoms with van der Waals surface area (Å²) in [4.78, 5) is 10.6. The van der Waals surface area contributed by atoms with Crippen LogP contribution in [-0.2, 0) is 6.54 Å². The average molecular weight is 200 g/mol. The molecule has 0 bridgehead atoms. The lowest BCUT2D eigenvalue weighted by Gasteiger charge is -2.07. The fourth-order valence-electron chi connectivity index (χ4n) is 0.986. The lowest BCUT2D eigenvalue weighted by atomic mass is 10.2. The summed E-state index contributed by atoms with van der Waals surface area (Å²) in [6, 6.07) is 4.39. The van der Waals surface area contributed by atoms with Gasteiger partial charge in [-0.3, -0.25) is 0 Å². The molecular formula is C8H10ClN3O. The van der Waals surface area contributed by atoms with E-state index in [1.165, 1.54) is 0 Å². The minimum atomic E-state index is -0.614. The molecule has 0 aliphatic carbocycles. The number of nitrogens with two attached hydrogens (primary N) is 2. The Kier molecular flexibility index (Phi) is 3.11. The zero-order valence-electron chi connectivity index (χ0n) is 6.88. The van der Waals surface area contributed by atoms with Crippen molar-refractivity contribution in [2.45, 2.75) is 6.54 Å². The van der Waals surface area contributed by atoms with Crippen LogP contribution in [0.15, 0.2) is 18.2 Å². The number of halogens is 1. The normalized spacial score (nSPS) is 9.69. The van der Waals surface area contributed by atoms with Crippen LogP contribution in [0, 0.1) is 0 Å². The zero-order valence-corrected chi connectivity index (χ0v) is 7.64. The standard InChI is InChI=1S/C8H10ClN3O/c9-6-1-2-7(12-8(11)13)5(3-6)4-10/h1-3H,4,10H2,(H3,11,12,13). The molecule has 0 aliphatic heterocycles. The molecule has 0 radical (unpaired) electrons. The van der Waals surface area contributed by atoms with E-state index in [4.69, 9.17) is 23.1 Å². The highest BCUT2D eigenvalue weighted by Crippen LogP contribution is 2.19. The van der Waals surface area contributed by atoms with Gasteiger partial charge in [-0.25, -0.2) is 4.79 Å². The monoisotopic (exact) mass is 199 g/mol. The maximum Gasteiger partial charge on any atom is 0.316 e. The van der Waals surface area contributed by atoms with Crippen molar-refractivity contribution in [3.8, 4) is 0 Å². The molecule has 0 saturated carbocycles. The fraction of sp³-hybridized carbons (Fsp3) is 0.125. The molecule has 5 N–H and O–H groups in total. The SMILES string of the molecule is NCc1cc(Cl)ccc1NC(N)=O. The van der Waals surface area contributed by atoms with E-state index in [0.29, 0.717) is 17.3 Å². The molecule has 1 aromatic carbocycles. The molecule has 70 valence electrons. The number of carbonyl (C=O) groups excluding carboxylic acids is 1. The highest BCUT2D eigenvalue weighted by Gasteiger charge is 2.02. The molecule has 1 aromatic rings. The Labute approximate surface area is 80.9 Å². The van der Waals surface area contributed by atoms with Crippen molar-refractivity contribution in [3.05, 3.63) is 28.8 Å². The first kappa shape index (κ1) is 9.83. The van der Waals surface area contributed by atoms with Gasteiger partial charge in [0.15, 0.2) is 0 Å². The molecule has 0 heterocycles. The molecule has 5 heteroatoms. The van der Waals surface area contributed by atoms with Gasteiger partial charge in [0.1, 0.15) is 0 Å². The van der Waals surface area contributed by atoms with Gasteiger partial charge in [-0.05, 0) is 23.8 Å². The smallest absolute Gasteiger partial charge is 0.316 e. The summed E-state index contributed by atoms with van der Waals surface area (Å²) < 4.78 is 0. The summed E-state index contributed by atoms with van der Waals surface area (Å²) in [5.41, 5.74) is 11.8. The van der Waals surface area contributed by atoms with Crippen molar-refractivity contribution in [1.29, 1.82) is 0 Å². The van der Waals surface area contributed by atoms with E-state index < -0.39 is 6.03 Å². The Morgan fingerprint density at radius 2 is 2.23 bits per heavy atom. The van der Waals surface area contributed by atoms with Crippen LogP contribution >= 0.6 is 11.6 Å². The molecule has 0 spiro atoms. The molecule has 0 saturated heterocycles. The van der Waals surface area contributed by atoms with Gasteiger partial charge in [-0.15, -0.1) is 0 Å². The van der Waals surface area contributed by atoms with E-state index in [9.17, 15) is 4.79 Å². The molecule has 1 rings (SSSR count). The topological polar surface area (TPSA) is 81.1 Å². The largest absolute Gasteiger partial charge is 0.351 e. The third-order valence-electron chi connectivity index (χ3n) is 1.55. The molecule has 0 atom stereocenters. The maximum atomic E-state index is 10.6. The quantitative estimate of drug-likeness (QED) is 0.671. The van der Waals surface area contributed by atoms with Gasteiger partial charge < -0.3 is 16.8 Å². The molecule has 4 nitrogen and oxygen atoms in total. The average Bonchev–Trinajstić information content (AvgIpc) is 2.07. The molecule has 2 amide bonds. The fourth-order valence-corrected chi connectivity index (χ4v) is 1.18. The van der Waals surface area contributed by atoms with Crippen LogP contribution in [0.3, 0.4) is 0 Å². The number of amides is 2. The number of primary amides is 1.